The van der Waals surface area contributed by atoms with Crippen molar-refractivity contribution in [2.75, 3.05) is 25.6 Å². The molecule has 2 unspecified atom stereocenters. The van der Waals surface area contributed by atoms with Crippen molar-refractivity contribution in [2.24, 2.45) is 0 Å². The number of rotatable bonds is 30. The highest BCUT2D eigenvalue weighted by molar-refractivity contribution is 7.48. The molecule has 5 heterocycles. The zero-order valence-corrected chi connectivity index (χ0v) is 39.8. The van der Waals surface area contributed by atoms with Gasteiger partial charge in [-0.3, -0.25) is 4.52 Å². The number of pyridine rings is 1. The number of unbranched alkanes of at least 4 members (excludes halogenated alkanes) is 15. The average Bonchev–Trinajstić information content (AvgIpc) is 3.98. The summed E-state index contributed by atoms with van der Waals surface area (Å²) >= 11 is 6.43. The van der Waals surface area contributed by atoms with Gasteiger partial charge in [-0.25, -0.2) is 19.0 Å². The van der Waals surface area contributed by atoms with Gasteiger partial charge in [0.2, 0.25) is 0 Å². The van der Waals surface area contributed by atoms with Crippen molar-refractivity contribution in [3.63, 3.8) is 0 Å². The summed E-state index contributed by atoms with van der Waals surface area (Å²) in [6, 6.07) is 16.7. The lowest BCUT2D eigenvalue weighted by molar-refractivity contribution is -0.384. The first-order valence-corrected chi connectivity index (χ1v) is 25.0. The number of ether oxygens (including phenoxy) is 5. The van der Waals surface area contributed by atoms with Crippen molar-refractivity contribution in [3.05, 3.63) is 77.5 Å². The summed E-state index contributed by atoms with van der Waals surface area (Å²) in [4.78, 5) is 13.9. The van der Waals surface area contributed by atoms with Gasteiger partial charge in [0.15, 0.2) is 17.7 Å². The maximum absolute atomic E-state index is 14.7. The van der Waals surface area contributed by atoms with Gasteiger partial charge in [-0.1, -0.05) is 127 Å². The number of nitrogen functional groups attached to an aromatic ring is 1. The standard InChI is InChI=1S/C47H63ClN7O10P/c1-4-5-6-7-8-9-10-11-12-13-14-15-16-17-18-21-28-57-31-37(59-36-25-24-35(29-49)52-30-36)32-58-66(56,63-41-23-20-19-22-38(41)48)65-64-47(33-50)44-43(60-46(2,3)62-44)42(61-47)39-26-27-40-45(51)53-34-54-55(39)40/h19-20,22-27,30,34,37,42-44H,4-18,21,28,31-32H2,1-3H3,(H2,51,53,54)/t37?,42-,43-,44-,47+,66?/m0/s1. The van der Waals surface area contributed by atoms with E-state index >= 15 is 0 Å². The predicted octanol–water partition coefficient (Wildman–Crippen LogP) is 10.9. The number of phosphoric ester groups is 1. The Balaban J connectivity index is 1.06. The molecule has 3 aromatic heterocycles. The number of hydrogen-bond donors (Lipinski definition) is 1. The molecule has 4 aromatic rings. The Morgan fingerprint density at radius 1 is 0.864 bits per heavy atom. The highest BCUT2D eigenvalue weighted by Crippen LogP contribution is 2.56. The van der Waals surface area contributed by atoms with Crippen molar-refractivity contribution in [2.45, 2.75) is 159 Å². The molecule has 0 bridgehead atoms. The third kappa shape index (κ3) is 14.3. The Bertz CT molecular complexity index is 2260. The first-order valence-electron chi connectivity index (χ1n) is 23.2. The summed E-state index contributed by atoms with van der Waals surface area (Å²) in [5.41, 5.74) is 7.23. The van der Waals surface area contributed by atoms with Crippen LogP contribution >= 0.6 is 19.4 Å². The van der Waals surface area contributed by atoms with Gasteiger partial charge in [0.05, 0.1) is 30.1 Å². The molecule has 2 fully saturated rings. The number of anilines is 1. The van der Waals surface area contributed by atoms with Crippen molar-refractivity contribution in [3.8, 4) is 23.6 Å². The fourth-order valence-electron chi connectivity index (χ4n) is 7.99. The molecule has 2 aliphatic heterocycles. The van der Waals surface area contributed by atoms with Gasteiger partial charge < -0.3 is 33.9 Å². The molecular formula is C47H63ClN7O10P. The molecule has 17 nitrogen and oxygen atoms in total. The van der Waals surface area contributed by atoms with Crippen molar-refractivity contribution >= 4 is 30.8 Å². The number of phosphoric acid groups is 1. The molecule has 0 saturated carbocycles. The molecule has 0 radical (unpaired) electrons. The normalized spacial score (nSPS) is 21.2. The average molecular weight is 952 g/mol. The Hall–Kier alpha value is -4.39. The van der Waals surface area contributed by atoms with Gasteiger partial charge in [0, 0.05) is 6.61 Å². The summed E-state index contributed by atoms with van der Waals surface area (Å²) in [6.45, 7) is 5.64. The smallest absolute Gasteiger partial charge is 0.484 e. The number of nitrogens with zero attached hydrogens (tertiary/aromatic N) is 6. The van der Waals surface area contributed by atoms with E-state index < -0.39 is 50.4 Å². The highest BCUT2D eigenvalue weighted by Gasteiger charge is 2.67. The van der Waals surface area contributed by atoms with Crippen LogP contribution in [0.15, 0.2) is 61.1 Å². The molecule has 0 aliphatic carbocycles. The summed E-state index contributed by atoms with van der Waals surface area (Å²) in [6.07, 6.45) is 18.8. The third-order valence-electron chi connectivity index (χ3n) is 11.4. The molecule has 0 amide bonds. The quantitative estimate of drug-likeness (QED) is 0.0222. The van der Waals surface area contributed by atoms with E-state index in [1.807, 2.05) is 12.1 Å². The molecule has 6 rings (SSSR count). The SMILES string of the molecule is CCCCCCCCCCCCCCCCCCOCC(COP(=O)(OO[C@@]1(C#N)O[C@@H](c2ccc3c(N)ncnn23)[C@@H]2OC(C)(C)O[C@@H]21)Oc1ccccc1Cl)Oc1ccc(C#N)nc1. The number of nitriles is 2. The molecule has 66 heavy (non-hydrogen) atoms. The molecule has 19 heteroatoms. The van der Waals surface area contributed by atoms with Crippen LogP contribution < -0.4 is 15.0 Å². The predicted molar refractivity (Wildman–Crippen MR) is 245 cm³/mol. The van der Waals surface area contributed by atoms with Crippen LogP contribution in [0.25, 0.3) is 5.52 Å². The van der Waals surface area contributed by atoms with E-state index in [0.29, 0.717) is 23.6 Å². The van der Waals surface area contributed by atoms with Crippen molar-refractivity contribution in [1.82, 2.24) is 19.6 Å². The van der Waals surface area contributed by atoms with Gasteiger partial charge in [-0.15, -0.1) is 4.67 Å². The van der Waals surface area contributed by atoms with E-state index in [9.17, 15) is 15.1 Å². The Kier molecular flexibility index (Phi) is 19.4. The molecular weight excluding hydrogens is 889 g/mol. The molecule has 2 aliphatic rings. The first kappa shape index (κ1) is 51.0. The summed E-state index contributed by atoms with van der Waals surface area (Å²) < 4.78 is 64.4. The molecule has 2 saturated heterocycles. The summed E-state index contributed by atoms with van der Waals surface area (Å²) in [5, 5.41) is 24.4. The third-order valence-corrected chi connectivity index (χ3v) is 12.8. The topological polar surface area (TPSA) is 217 Å². The van der Waals surface area contributed by atoms with Crippen LogP contribution in [0, 0.1) is 22.7 Å². The van der Waals surface area contributed by atoms with Crippen LogP contribution in [0.3, 0.4) is 0 Å². The van der Waals surface area contributed by atoms with Gasteiger partial charge in [0.1, 0.15) is 59.5 Å². The van der Waals surface area contributed by atoms with Crippen LogP contribution in [0.2, 0.25) is 5.02 Å². The lowest BCUT2D eigenvalue weighted by atomic mass is 10.0. The van der Waals surface area contributed by atoms with Gasteiger partial charge in [0.25, 0.3) is 0 Å². The Labute approximate surface area is 392 Å². The minimum atomic E-state index is -4.89. The number of aromatic nitrogens is 4. The maximum atomic E-state index is 14.7. The Morgan fingerprint density at radius 2 is 1.55 bits per heavy atom. The monoisotopic (exact) mass is 951 g/mol. The molecule has 6 atom stereocenters. The fraction of sp³-hybridized carbons (Fsp3) is 0.596. The van der Waals surface area contributed by atoms with Crippen molar-refractivity contribution in [1.29, 1.82) is 10.5 Å². The number of nitrogens with two attached hydrogens (primary N) is 1. The van der Waals surface area contributed by atoms with E-state index in [4.69, 9.17) is 59.6 Å². The van der Waals surface area contributed by atoms with E-state index in [-0.39, 0.29) is 28.9 Å². The number of para-hydroxylation sites is 1. The number of benzene rings is 1. The van der Waals surface area contributed by atoms with Gasteiger partial charge in [-0.2, -0.15) is 20.5 Å². The summed E-state index contributed by atoms with van der Waals surface area (Å²) in [7, 11) is -4.89. The lowest BCUT2D eigenvalue weighted by Crippen LogP contribution is -2.44. The highest BCUT2D eigenvalue weighted by atomic mass is 35.5. The molecule has 0 spiro atoms. The molecule has 2 N–H and O–H groups in total. The van der Waals surface area contributed by atoms with E-state index in [2.05, 4.69) is 22.0 Å². The second kappa shape index (κ2) is 25.1. The second-order valence-electron chi connectivity index (χ2n) is 17.1. The van der Waals surface area contributed by atoms with Crippen LogP contribution in [0.1, 0.15) is 141 Å². The number of halogens is 1. The van der Waals surface area contributed by atoms with Crippen LogP contribution in [-0.4, -0.2) is 69.3 Å². The van der Waals surface area contributed by atoms with Crippen LogP contribution in [0.4, 0.5) is 5.82 Å². The zero-order chi connectivity index (χ0) is 46.8. The van der Waals surface area contributed by atoms with E-state index in [1.165, 1.54) is 119 Å². The largest absolute Gasteiger partial charge is 0.558 e. The minimum Gasteiger partial charge on any atom is -0.484 e. The van der Waals surface area contributed by atoms with Gasteiger partial charge >= 0.3 is 13.6 Å². The summed E-state index contributed by atoms with van der Waals surface area (Å²) in [5.74, 6) is -3.12. The van der Waals surface area contributed by atoms with Crippen molar-refractivity contribution < 1.29 is 46.9 Å². The Morgan fingerprint density at radius 3 is 2.18 bits per heavy atom. The maximum Gasteiger partial charge on any atom is 0.558 e. The lowest BCUT2D eigenvalue weighted by Gasteiger charge is -2.29. The fourth-order valence-corrected chi connectivity index (χ4v) is 9.29. The molecule has 358 valence electrons. The second-order valence-corrected chi connectivity index (χ2v) is 19.0. The first-order chi connectivity index (χ1) is 32.0. The number of hydrogen-bond acceptors (Lipinski definition) is 16. The van der Waals surface area contributed by atoms with E-state index in [0.717, 1.165) is 19.3 Å². The van der Waals surface area contributed by atoms with Crippen LogP contribution in [-0.2, 0) is 37.6 Å². The molecule has 1 aromatic carbocycles. The minimum absolute atomic E-state index is 0.0158. The number of fused-ring (bicyclic) bond motifs is 2. The van der Waals surface area contributed by atoms with E-state index in [1.54, 1.807) is 44.2 Å². The van der Waals surface area contributed by atoms with Gasteiger partial charge in [-0.05, 0) is 56.7 Å². The van der Waals surface area contributed by atoms with Crippen LogP contribution in [0.5, 0.6) is 11.5 Å². The zero-order valence-electron chi connectivity index (χ0n) is 38.2.